The van der Waals surface area contributed by atoms with Crippen molar-refractivity contribution >= 4 is 39.9 Å². The fourth-order valence-electron chi connectivity index (χ4n) is 1.25. The third-order valence-corrected chi connectivity index (χ3v) is 2.97. The smallest absolute Gasteiger partial charge is 0.338 e. The van der Waals surface area contributed by atoms with E-state index in [0.29, 0.717) is 0 Å². The van der Waals surface area contributed by atoms with Crippen LogP contribution in [0.1, 0.15) is 10.4 Å². The Morgan fingerprint density at radius 1 is 1.45 bits per heavy atom. The van der Waals surface area contributed by atoms with Crippen LogP contribution < -0.4 is 5.32 Å². The molecular formula is C11H5IN4O4. The van der Waals surface area contributed by atoms with Gasteiger partial charge in [-0.2, -0.15) is 10.5 Å². The zero-order valence-electron chi connectivity index (χ0n) is 9.62. The van der Waals surface area contributed by atoms with Gasteiger partial charge in [-0.3, -0.25) is 10.1 Å². The maximum Gasteiger partial charge on any atom is 0.338 e. The SMILES string of the molecule is N#CC(C#N)=CNc1c(I)cc([N+](=O)[O-])cc1C(=O)O. The van der Waals surface area contributed by atoms with Gasteiger partial charge in [0.2, 0.25) is 0 Å². The van der Waals surface area contributed by atoms with E-state index in [2.05, 4.69) is 5.32 Å². The number of non-ortho nitro benzene ring substituents is 1. The average Bonchev–Trinajstić information content (AvgIpc) is 2.40. The van der Waals surface area contributed by atoms with E-state index in [-0.39, 0.29) is 26.1 Å². The Bertz CT molecular complexity index is 684. The number of aromatic carboxylic acids is 1. The van der Waals surface area contributed by atoms with Crippen LogP contribution in [0.3, 0.4) is 0 Å². The molecule has 0 heterocycles. The Labute approximate surface area is 126 Å². The van der Waals surface area contributed by atoms with Crippen LogP contribution >= 0.6 is 22.6 Å². The molecule has 0 aliphatic carbocycles. The fraction of sp³-hybridized carbons (Fsp3) is 0. The van der Waals surface area contributed by atoms with E-state index in [1.54, 1.807) is 34.7 Å². The van der Waals surface area contributed by atoms with Crippen molar-refractivity contribution in [1.82, 2.24) is 0 Å². The summed E-state index contributed by atoms with van der Waals surface area (Å²) in [7, 11) is 0. The molecule has 0 bridgehead atoms. The molecule has 0 radical (unpaired) electrons. The third kappa shape index (κ3) is 3.43. The molecule has 9 heteroatoms. The second-order valence-corrected chi connectivity index (χ2v) is 4.50. The van der Waals surface area contributed by atoms with Crippen molar-refractivity contribution in [2.75, 3.05) is 5.32 Å². The Morgan fingerprint density at radius 2 is 2.05 bits per heavy atom. The summed E-state index contributed by atoms with van der Waals surface area (Å²) >= 11 is 1.72. The van der Waals surface area contributed by atoms with Gasteiger partial charge in [0.1, 0.15) is 17.7 Å². The summed E-state index contributed by atoms with van der Waals surface area (Å²) in [5, 5.41) is 39.4. The second-order valence-electron chi connectivity index (χ2n) is 3.34. The first kappa shape index (κ1) is 15.4. The number of halogens is 1. The molecule has 0 spiro atoms. The molecule has 2 N–H and O–H groups in total. The van der Waals surface area contributed by atoms with Crippen molar-refractivity contribution in [1.29, 1.82) is 10.5 Å². The predicted octanol–water partition coefficient (Wildman–Crippen LogP) is 2.24. The number of anilines is 1. The Morgan fingerprint density at radius 3 is 2.50 bits per heavy atom. The lowest BCUT2D eigenvalue weighted by molar-refractivity contribution is -0.385. The number of carboxylic acid groups (broad SMARTS) is 1. The van der Waals surface area contributed by atoms with Gasteiger partial charge in [-0.15, -0.1) is 0 Å². The number of nitro groups is 1. The normalized spacial score (nSPS) is 8.95. The van der Waals surface area contributed by atoms with Gasteiger partial charge in [-0.25, -0.2) is 4.79 Å². The molecule has 0 fully saturated rings. The van der Waals surface area contributed by atoms with Crippen LogP contribution in [0.4, 0.5) is 11.4 Å². The molecule has 1 aromatic rings. The number of nitrogens with one attached hydrogen (secondary N) is 1. The molecule has 0 aliphatic rings. The summed E-state index contributed by atoms with van der Waals surface area (Å²) < 4.78 is 0.278. The highest BCUT2D eigenvalue weighted by Crippen LogP contribution is 2.29. The molecule has 8 nitrogen and oxygen atoms in total. The number of rotatable bonds is 4. The highest BCUT2D eigenvalue weighted by atomic mass is 127. The van der Waals surface area contributed by atoms with Crippen LogP contribution in [0.5, 0.6) is 0 Å². The molecule has 100 valence electrons. The van der Waals surface area contributed by atoms with Crippen molar-refractivity contribution in [2.45, 2.75) is 0 Å². The molecule has 0 unspecified atom stereocenters. The van der Waals surface area contributed by atoms with Gasteiger partial charge in [-0.1, -0.05) is 0 Å². The number of hydrogen-bond donors (Lipinski definition) is 2. The van der Waals surface area contributed by atoms with Crippen LogP contribution in [0.25, 0.3) is 0 Å². The zero-order chi connectivity index (χ0) is 15.3. The number of nitrogens with zero attached hydrogens (tertiary/aromatic N) is 3. The lowest BCUT2D eigenvalue weighted by Gasteiger charge is -2.08. The first-order valence-electron chi connectivity index (χ1n) is 4.88. The van der Waals surface area contributed by atoms with Gasteiger partial charge >= 0.3 is 5.97 Å². The molecule has 20 heavy (non-hydrogen) atoms. The summed E-state index contributed by atoms with van der Waals surface area (Å²) in [5.41, 5.74) is -0.862. The number of allylic oxidation sites excluding steroid dienone is 1. The summed E-state index contributed by atoms with van der Waals surface area (Å²) in [6.07, 6.45) is 1.04. The highest BCUT2D eigenvalue weighted by Gasteiger charge is 2.19. The molecule has 0 aliphatic heterocycles. The van der Waals surface area contributed by atoms with E-state index in [9.17, 15) is 14.9 Å². The molecule has 0 aromatic heterocycles. The first-order valence-corrected chi connectivity index (χ1v) is 5.96. The number of carbonyl (C=O) groups is 1. The van der Waals surface area contributed by atoms with Crippen LogP contribution in [-0.4, -0.2) is 16.0 Å². The zero-order valence-corrected chi connectivity index (χ0v) is 11.8. The minimum atomic E-state index is -1.36. The number of nitriles is 2. The Balaban J connectivity index is 3.37. The number of hydrogen-bond acceptors (Lipinski definition) is 6. The van der Waals surface area contributed by atoms with Gasteiger partial charge in [0.25, 0.3) is 5.69 Å². The van der Waals surface area contributed by atoms with Gasteiger partial charge in [-0.05, 0) is 22.6 Å². The highest BCUT2D eigenvalue weighted by molar-refractivity contribution is 14.1. The van der Waals surface area contributed by atoms with Crippen LogP contribution in [0.2, 0.25) is 0 Å². The second kappa shape index (κ2) is 6.49. The fourth-order valence-corrected chi connectivity index (χ4v) is 2.01. The minimum Gasteiger partial charge on any atom is -0.478 e. The van der Waals surface area contributed by atoms with Gasteiger partial charge in [0.05, 0.1) is 16.2 Å². The van der Waals surface area contributed by atoms with Gasteiger partial charge in [0, 0.05) is 21.9 Å². The molecule has 1 aromatic carbocycles. The standard InChI is InChI=1S/C11H5IN4O4/c12-9-2-7(16(19)20)1-8(11(17)18)10(9)15-5-6(3-13)4-14/h1-2,5,15H,(H,17,18). The molecule has 0 atom stereocenters. The number of benzene rings is 1. The maximum atomic E-state index is 11.1. The van der Waals surface area contributed by atoms with Crippen molar-refractivity contribution < 1.29 is 14.8 Å². The lowest BCUT2D eigenvalue weighted by atomic mass is 10.1. The topological polar surface area (TPSA) is 140 Å². The van der Waals surface area contributed by atoms with Gasteiger partial charge in [0.15, 0.2) is 0 Å². The molecule has 0 amide bonds. The first-order chi connectivity index (χ1) is 9.40. The predicted molar refractivity (Wildman–Crippen MR) is 75.7 cm³/mol. The van der Waals surface area contributed by atoms with E-state index in [1.165, 1.54) is 6.07 Å². The summed E-state index contributed by atoms with van der Waals surface area (Å²) in [5.74, 6) is -1.36. The van der Waals surface area contributed by atoms with E-state index in [1.807, 2.05) is 0 Å². The molecule has 0 saturated carbocycles. The third-order valence-electron chi connectivity index (χ3n) is 2.12. The Kier molecular flexibility index (Phi) is 5.00. The van der Waals surface area contributed by atoms with E-state index < -0.39 is 10.9 Å². The van der Waals surface area contributed by atoms with E-state index >= 15 is 0 Å². The van der Waals surface area contributed by atoms with E-state index in [4.69, 9.17) is 15.6 Å². The molecular weight excluding hydrogens is 379 g/mol. The van der Waals surface area contributed by atoms with Crippen LogP contribution in [-0.2, 0) is 0 Å². The average molecular weight is 384 g/mol. The molecule has 0 saturated heterocycles. The van der Waals surface area contributed by atoms with Crippen molar-refractivity contribution in [2.24, 2.45) is 0 Å². The number of nitro benzene ring substituents is 1. The Hall–Kier alpha value is -2.66. The lowest BCUT2D eigenvalue weighted by Crippen LogP contribution is -2.06. The quantitative estimate of drug-likeness (QED) is 0.351. The van der Waals surface area contributed by atoms with E-state index in [0.717, 1.165) is 12.3 Å². The van der Waals surface area contributed by atoms with Crippen molar-refractivity contribution in [3.05, 3.63) is 43.2 Å². The summed E-state index contributed by atoms with van der Waals surface area (Å²) in [6.45, 7) is 0. The number of carboxylic acids is 1. The largest absolute Gasteiger partial charge is 0.478 e. The maximum absolute atomic E-state index is 11.1. The van der Waals surface area contributed by atoms with Crippen molar-refractivity contribution in [3.8, 4) is 12.1 Å². The van der Waals surface area contributed by atoms with Gasteiger partial charge < -0.3 is 10.4 Å². The molecule has 1 rings (SSSR count). The van der Waals surface area contributed by atoms with Crippen molar-refractivity contribution in [3.63, 3.8) is 0 Å². The summed E-state index contributed by atoms with van der Waals surface area (Å²) in [6, 6.07) is 5.28. The van der Waals surface area contributed by atoms with Crippen LogP contribution in [0.15, 0.2) is 23.9 Å². The monoisotopic (exact) mass is 384 g/mol. The summed E-state index contributed by atoms with van der Waals surface area (Å²) in [4.78, 5) is 21.1. The minimum absolute atomic E-state index is 0.0756. The van der Waals surface area contributed by atoms with Crippen LogP contribution in [0, 0.1) is 36.3 Å².